The highest BCUT2D eigenvalue weighted by atomic mass is 19.1. The van der Waals surface area contributed by atoms with Gasteiger partial charge >= 0.3 is 11.8 Å². The molecule has 8 N–H and O–H groups in total. The van der Waals surface area contributed by atoms with Crippen molar-refractivity contribution < 1.29 is 28.0 Å². The predicted molar refractivity (Wildman–Crippen MR) is 200 cm³/mol. The maximum absolute atomic E-state index is 15.5. The molecular formula is C40H31F2N10O4+. The van der Waals surface area contributed by atoms with Gasteiger partial charge in [-0.3, -0.25) is 29.4 Å². The summed E-state index contributed by atoms with van der Waals surface area (Å²) in [6.07, 6.45) is 2.01. The van der Waals surface area contributed by atoms with Crippen molar-refractivity contribution in [1.29, 1.82) is 5.26 Å². The first kappa shape index (κ1) is 37.8. The Hall–Kier alpha value is -7.98. The van der Waals surface area contributed by atoms with E-state index in [0.717, 1.165) is 6.07 Å². The van der Waals surface area contributed by atoms with Crippen molar-refractivity contribution in [3.63, 3.8) is 0 Å². The lowest BCUT2D eigenvalue weighted by atomic mass is 10.00. The summed E-state index contributed by atoms with van der Waals surface area (Å²) in [4.78, 5) is 54.6. The number of carbonyl (C=O) groups excluding carboxylic acids is 4. The predicted octanol–water partition coefficient (Wildman–Crippen LogP) is 5.32. The van der Waals surface area contributed by atoms with E-state index in [9.17, 15) is 28.8 Å². The van der Waals surface area contributed by atoms with Gasteiger partial charge in [0.15, 0.2) is 0 Å². The number of aromatic amines is 2. The Balaban J connectivity index is 1.16. The molecule has 278 valence electrons. The molecule has 16 heteroatoms. The Morgan fingerprint density at radius 1 is 0.696 bits per heavy atom. The Bertz CT molecular complexity index is 2570. The van der Waals surface area contributed by atoms with Gasteiger partial charge in [-0.15, -0.1) is 0 Å². The Labute approximate surface area is 317 Å². The summed E-state index contributed by atoms with van der Waals surface area (Å²) in [6, 6.07) is 26.0. The summed E-state index contributed by atoms with van der Waals surface area (Å²) in [5.41, 5.74) is 13.4. The van der Waals surface area contributed by atoms with Crippen molar-refractivity contribution in [2.45, 2.75) is 24.9 Å². The number of nitrogens with zero attached hydrogens (tertiary/aromatic N) is 4. The van der Waals surface area contributed by atoms with Crippen molar-refractivity contribution in [3.05, 3.63) is 153 Å². The molecule has 2 atom stereocenters. The number of primary amides is 2. The average Bonchev–Trinajstić information content (AvgIpc) is 3.88. The second-order valence-electron chi connectivity index (χ2n) is 12.4. The minimum Gasteiger partial charge on any atom is -0.370 e. The van der Waals surface area contributed by atoms with Crippen LogP contribution in [0.3, 0.4) is 0 Å². The van der Waals surface area contributed by atoms with Crippen LogP contribution in [-0.2, 0) is 9.59 Å². The molecule has 0 aliphatic heterocycles. The van der Waals surface area contributed by atoms with Crippen molar-refractivity contribution in [2.24, 2.45) is 11.5 Å². The van der Waals surface area contributed by atoms with Crippen molar-refractivity contribution in [2.75, 3.05) is 0 Å². The first-order valence-electron chi connectivity index (χ1n) is 16.9. The van der Waals surface area contributed by atoms with Crippen molar-refractivity contribution >= 4 is 29.3 Å². The molecule has 4 amide bonds. The molecule has 56 heavy (non-hydrogen) atoms. The van der Waals surface area contributed by atoms with Gasteiger partial charge in [0.2, 0.25) is 11.8 Å². The lowest BCUT2D eigenvalue weighted by Crippen LogP contribution is -2.32. The summed E-state index contributed by atoms with van der Waals surface area (Å²) < 4.78 is 30.0. The molecule has 2 aromatic heterocycles. The van der Waals surface area contributed by atoms with Crippen LogP contribution < -0.4 is 22.1 Å². The van der Waals surface area contributed by atoms with E-state index in [4.69, 9.17) is 11.5 Å². The average molecular weight is 754 g/mol. The zero-order valence-corrected chi connectivity index (χ0v) is 29.2. The first-order valence-corrected chi connectivity index (χ1v) is 16.9. The molecule has 0 aliphatic rings. The second-order valence-corrected chi connectivity index (χ2v) is 12.4. The number of halogens is 2. The zero-order chi connectivity index (χ0) is 39.8. The number of hydrogen-bond acceptors (Lipinski definition) is 7. The van der Waals surface area contributed by atoms with E-state index < -0.39 is 47.3 Å². The molecule has 0 aliphatic carbocycles. The van der Waals surface area contributed by atoms with Gasteiger partial charge in [-0.1, -0.05) is 36.4 Å². The van der Waals surface area contributed by atoms with Crippen LogP contribution in [0.4, 0.5) is 14.5 Å². The summed E-state index contributed by atoms with van der Waals surface area (Å²) in [5.74, 6) is -3.89. The number of amides is 4. The number of nitriles is 1. The van der Waals surface area contributed by atoms with E-state index in [1.54, 1.807) is 48.5 Å². The van der Waals surface area contributed by atoms with Crippen LogP contribution in [0.1, 0.15) is 67.9 Å². The highest BCUT2D eigenvalue weighted by Crippen LogP contribution is 2.29. The van der Waals surface area contributed by atoms with Crippen LogP contribution in [0.2, 0.25) is 0 Å². The van der Waals surface area contributed by atoms with E-state index in [1.807, 2.05) is 6.07 Å². The summed E-state index contributed by atoms with van der Waals surface area (Å²) in [6.45, 7) is 0. The van der Waals surface area contributed by atoms with Crippen molar-refractivity contribution in [3.8, 4) is 34.7 Å². The van der Waals surface area contributed by atoms with Gasteiger partial charge in [-0.2, -0.15) is 15.5 Å². The Morgan fingerprint density at radius 2 is 1.29 bits per heavy atom. The molecule has 14 nitrogen and oxygen atoms in total. The van der Waals surface area contributed by atoms with E-state index >= 15 is 4.39 Å². The van der Waals surface area contributed by atoms with Gasteiger partial charge in [0, 0.05) is 17.2 Å². The third-order valence-electron chi connectivity index (χ3n) is 8.60. The van der Waals surface area contributed by atoms with Gasteiger partial charge in [-0.25, -0.2) is 8.78 Å². The Morgan fingerprint density at radius 3 is 1.86 bits per heavy atom. The summed E-state index contributed by atoms with van der Waals surface area (Å²) in [7, 11) is 0. The van der Waals surface area contributed by atoms with Crippen LogP contribution in [-0.4, -0.2) is 44.0 Å². The molecule has 6 rings (SSSR count). The van der Waals surface area contributed by atoms with Gasteiger partial charge in [0.05, 0.1) is 77.5 Å². The quantitative estimate of drug-likeness (QED) is 0.0962. The van der Waals surface area contributed by atoms with Crippen LogP contribution in [0, 0.1) is 29.0 Å². The minimum absolute atomic E-state index is 0.00107. The molecule has 2 heterocycles. The molecule has 0 fully saturated rings. The lowest BCUT2D eigenvalue weighted by molar-refractivity contribution is -0.119. The first-order chi connectivity index (χ1) is 27.0. The zero-order valence-electron chi connectivity index (χ0n) is 29.2. The summed E-state index contributed by atoms with van der Waals surface area (Å²) >= 11 is 0. The minimum atomic E-state index is -0.864. The third-order valence-corrected chi connectivity index (χ3v) is 8.60. The lowest BCUT2D eigenvalue weighted by Gasteiger charge is -2.18. The van der Waals surface area contributed by atoms with E-state index in [1.165, 1.54) is 48.8 Å². The molecular weight excluding hydrogens is 723 g/mol. The normalized spacial score (nSPS) is 11.7. The van der Waals surface area contributed by atoms with Gasteiger partial charge in [-0.05, 0) is 58.4 Å². The number of carbonyl (C=O) groups is 4. The molecule has 0 unspecified atom stereocenters. The Kier molecular flexibility index (Phi) is 11.3. The number of nitrogens with one attached hydrogen (secondary N) is 4. The van der Waals surface area contributed by atoms with E-state index in [2.05, 4.69) is 41.9 Å². The number of H-pyrrole nitrogens is 2. The molecule has 0 saturated heterocycles. The molecule has 0 spiro atoms. The number of hydrogen-bond donors (Lipinski definition) is 6. The van der Waals surface area contributed by atoms with Gasteiger partial charge in [0.25, 0.3) is 11.8 Å². The molecule has 0 radical (unpaired) electrons. The fraction of sp³-hybridized carbons (Fsp3) is 0.100. The molecule has 0 bridgehead atoms. The van der Waals surface area contributed by atoms with Crippen LogP contribution in [0.15, 0.2) is 103 Å². The smallest absolute Gasteiger partial charge is 0.343 e. The van der Waals surface area contributed by atoms with Crippen LogP contribution in [0.5, 0.6) is 0 Å². The van der Waals surface area contributed by atoms with Gasteiger partial charge in [0.1, 0.15) is 17.2 Å². The van der Waals surface area contributed by atoms with Gasteiger partial charge < -0.3 is 22.1 Å². The highest BCUT2D eigenvalue weighted by molar-refractivity contribution is 6.01. The molecule has 0 saturated carbocycles. The number of benzene rings is 4. The maximum atomic E-state index is 15.5. The fourth-order valence-corrected chi connectivity index (χ4v) is 5.89. The SMILES string of the molecule is N#Cc1cccc([C@H](CC(N)=O)NC(=O)c2cn[nH]c2-c2ccc([N+]#Cc3ccc([C@H](CC(N)=O)NC(=O)c4cn[nH]c4-c4ccccc4F)cc3)cc2F)c1. The molecule has 4 aromatic carbocycles. The van der Waals surface area contributed by atoms with E-state index in [-0.39, 0.29) is 52.2 Å². The second kappa shape index (κ2) is 16.8. The monoisotopic (exact) mass is 753 g/mol. The highest BCUT2D eigenvalue weighted by Gasteiger charge is 2.25. The number of nitrogens with two attached hydrogens (primary N) is 2. The topological polar surface area (TPSA) is 230 Å². The summed E-state index contributed by atoms with van der Waals surface area (Å²) in [5, 5.41) is 27.9. The van der Waals surface area contributed by atoms with Crippen LogP contribution in [0.25, 0.3) is 27.4 Å². The fourth-order valence-electron chi connectivity index (χ4n) is 5.89. The number of aromatic nitrogens is 4. The largest absolute Gasteiger partial charge is 0.370 e. The third kappa shape index (κ3) is 8.79. The van der Waals surface area contributed by atoms with Crippen molar-refractivity contribution in [1.82, 2.24) is 31.0 Å². The standard InChI is InChI=1S/C40H30F2N10O4/c41-31-7-2-1-6-27(31)37-29(20-47-51-37)39(55)49-33(16-35(44)53)24-10-8-22(9-11-24)19-46-26-12-13-28(32(42)15-26)38-30(21-48-52-38)40(56)50-34(17-36(45)54)25-5-3-4-23(14-25)18-43/h1-15,20-21,33-34H,16-17H2,(H7-,44,45,47,48,49,50,51,52,53,54,55,56)/p+1/t33-,34-/m0/s1. The molecule has 6 aromatic rings. The van der Waals surface area contributed by atoms with Crippen LogP contribution >= 0.6 is 0 Å². The maximum Gasteiger partial charge on any atom is 0.343 e. The number of rotatable bonds is 12. The van der Waals surface area contributed by atoms with E-state index in [0.29, 0.717) is 22.3 Å².